The van der Waals surface area contributed by atoms with Crippen molar-refractivity contribution in [2.24, 2.45) is 0 Å². The van der Waals surface area contributed by atoms with Crippen molar-refractivity contribution in [3.63, 3.8) is 0 Å². The lowest BCUT2D eigenvalue weighted by Gasteiger charge is -2.25. The summed E-state index contributed by atoms with van der Waals surface area (Å²) in [5, 5.41) is 0. The van der Waals surface area contributed by atoms with Gasteiger partial charge in [0.25, 0.3) is 0 Å². The minimum absolute atomic E-state index is 0.00387. The first-order valence-electron chi connectivity index (χ1n) is 6.70. The van der Waals surface area contributed by atoms with Gasteiger partial charge in [-0.1, -0.05) is 40.2 Å². The number of alkyl halides is 1. The van der Waals surface area contributed by atoms with Crippen molar-refractivity contribution in [1.29, 1.82) is 0 Å². The predicted octanol–water partition coefficient (Wildman–Crippen LogP) is 4.29. The van der Waals surface area contributed by atoms with Gasteiger partial charge in [-0.15, -0.1) is 0 Å². The molecule has 1 aromatic rings. The molecule has 0 saturated heterocycles. The zero-order valence-corrected chi connectivity index (χ0v) is 14.6. The number of hydrogen-bond donors (Lipinski definition) is 0. The number of allylic oxidation sites excluding steroid dienone is 2. The molecule has 0 aliphatic carbocycles. The van der Waals surface area contributed by atoms with E-state index < -0.39 is 4.32 Å². The van der Waals surface area contributed by atoms with Crippen LogP contribution in [-0.4, -0.2) is 22.2 Å². The average molecular weight is 352 g/mol. The summed E-state index contributed by atoms with van der Waals surface area (Å²) in [6.45, 7) is 9.90. The van der Waals surface area contributed by atoms with Crippen LogP contribution in [0.2, 0.25) is 0 Å². The van der Waals surface area contributed by atoms with Crippen molar-refractivity contribution in [1.82, 2.24) is 4.90 Å². The Morgan fingerprint density at radius 3 is 2.38 bits per heavy atom. The molecule has 0 heterocycles. The van der Waals surface area contributed by atoms with E-state index in [1.807, 2.05) is 51.1 Å². The Morgan fingerprint density at radius 1 is 1.38 bits per heavy atom. The van der Waals surface area contributed by atoms with Crippen LogP contribution < -0.4 is 4.74 Å². The Labute approximate surface area is 135 Å². The van der Waals surface area contributed by atoms with Gasteiger partial charge in [0, 0.05) is 6.20 Å². The predicted molar refractivity (Wildman–Crippen MR) is 90.5 cm³/mol. The Balaban J connectivity index is 2.95. The van der Waals surface area contributed by atoms with E-state index in [1.54, 1.807) is 18.2 Å². The van der Waals surface area contributed by atoms with Gasteiger partial charge in [-0.2, -0.15) is 0 Å². The van der Waals surface area contributed by atoms with E-state index in [1.165, 1.54) is 0 Å². The SMILES string of the molecule is C=C(C)/C=C/N(Cc1ccc(OC)cc1)C(=O)C(C)(C)Br. The number of rotatable bonds is 6. The van der Waals surface area contributed by atoms with Crippen molar-refractivity contribution < 1.29 is 9.53 Å². The highest BCUT2D eigenvalue weighted by Gasteiger charge is 2.28. The van der Waals surface area contributed by atoms with Crippen LogP contribution in [0.25, 0.3) is 0 Å². The minimum Gasteiger partial charge on any atom is -0.497 e. The molecule has 1 amide bonds. The fraction of sp³-hybridized carbons (Fsp3) is 0.353. The summed E-state index contributed by atoms with van der Waals surface area (Å²) >= 11 is 3.42. The maximum Gasteiger partial charge on any atom is 0.243 e. The molecule has 0 fully saturated rings. The smallest absolute Gasteiger partial charge is 0.243 e. The largest absolute Gasteiger partial charge is 0.497 e. The van der Waals surface area contributed by atoms with Crippen LogP contribution in [-0.2, 0) is 11.3 Å². The van der Waals surface area contributed by atoms with E-state index in [4.69, 9.17) is 4.74 Å². The highest BCUT2D eigenvalue weighted by atomic mass is 79.9. The highest BCUT2D eigenvalue weighted by molar-refractivity contribution is 9.10. The first-order valence-corrected chi connectivity index (χ1v) is 7.50. The van der Waals surface area contributed by atoms with Crippen LogP contribution in [0.4, 0.5) is 0 Å². The summed E-state index contributed by atoms with van der Waals surface area (Å²) in [4.78, 5) is 14.2. The standard InChI is InChI=1S/C17H22BrNO2/c1-13(2)10-11-19(16(20)17(3,4)18)12-14-6-8-15(21-5)9-7-14/h6-11H,1,12H2,2-5H3/b11-10+. The quantitative estimate of drug-likeness (QED) is 0.565. The van der Waals surface area contributed by atoms with Crippen LogP contribution in [0.3, 0.4) is 0 Å². The summed E-state index contributed by atoms with van der Waals surface area (Å²) in [5.74, 6) is 0.797. The lowest BCUT2D eigenvalue weighted by molar-refractivity contribution is -0.130. The van der Waals surface area contributed by atoms with Crippen LogP contribution in [0.1, 0.15) is 26.3 Å². The molecule has 1 rings (SSSR count). The van der Waals surface area contributed by atoms with Crippen LogP contribution in [0.15, 0.2) is 48.7 Å². The van der Waals surface area contributed by atoms with Crippen LogP contribution >= 0.6 is 15.9 Å². The van der Waals surface area contributed by atoms with Gasteiger partial charge in [0.1, 0.15) is 5.75 Å². The molecule has 3 nitrogen and oxygen atoms in total. The maximum atomic E-state index is 12.5. The summed E-state index contributed by atoms with van der Waals surface area (Å²) in [7, 11) is 1.63. The second kappa shape index (κ2) is 7.46. The number of carbonyl (C=O) groups is 1. The van der Waals surface area contributed by atoms with Crippen LogP contribution in [0.5, 0.6) is 5.75 Å². The molecular weight excluding hydrogens is 330 g/mol. The van der Waals surface area contributed by atoms with E-state index in [0.717, 1.165) is 16.9 Å². The molecule has 0 atom stereocenters. The first-order chi connectivity index (χ1) is 9.74. The average Bonchev–Trinajstić information content (AvgIpc) is 2.42. The number of carbonyl (C=O) groups excluding carboxylic acids is 1. The Hall–Kier alpha value is -1.55. The molecule has 0 aromatic heterocycles. The summed E-state index contributed by atoms with van der Waals surface area (Å²) in [5.41, 5.74) is 1.93. The summed E-state index contributed by atoms with van der Waals surface area (Å²) in [6.07, 6.45) is 3.61. The van der Waals surface area contributed by atoms with Crippen molar-refractivity contribution in [3.8, 4) is 5.75 Å². The molecule has 0 N–H and O–H groups in total. The second-order valence-corrected chi connectivity index (χ2v) is 7.40. The van der Waals surface area contributed by atoms with Crippen molar-refractivity contribution >= 4 is 21.8 Å². The molecule has 21 heavy (non-hydrogen) atoms. The van der Waals surface area contributed by atoms with Gasteiger partial charge in [0.2, 0.25) is 5.91 Å². The topological polar surface area (TPSA) is 29.5 Å². The van der Waals surface area contributed by atoms with Gasteiger partial charge in [-0.25, -0.2) is 0 Å². The lowest BCUT2D eigenvalue weighted by atomic mass is 10.1. The monoisotopic (exact) mass is 351 g/mol. The number of hydrogen-bond acceptors (Lipinski definition) is 2. The van der Waals surface area contributed by atoms with Gasteiger partial charge >= 0.3 is 0 Å². The third-order valence-corrected chi connectivity index (χ3v) is 3.16. The van der Waals surface area contributed by atoms with E-state index in [0.29, 0.717) is 6.54 Å². The van der Waals surface area contributed by atoms with E-state index >= 15 is 0 Å². The number of halogens is 1. The van der Waals surface area contributed by atoms with Gasteiger partial charge in [0.15, 0.2) is 0 Å². The van der Waals surface area contributed by atoms with Crippen molar-refractivity contribution in [3.05, 3.63) is 54.3 Å². The summed E-state index contributed by atoms with van der Waals surface area (Å²) < 4.78 is 4.53. The Bertz CT molecular complexity index is 527. The first kappa shape index (κ1) is 17.5. The molecule has 1 aromatic carbocycles. The Morgan fingerprint density at radius 2 is 1.95 bits per heavy atom. The fourth-order valence-electron chi connectivity index (χ4n) is 1.68. The molecule has 4 heteroatoms. The van der Waals surface area contributed by atoms with Crippen molar-refractivity contribution in [2.75, 3.05) is 7.11 Å². The molecule has 0 aliphatic rings. The number of methoxy groups -OCH3 is 1. The number of ether oxygens (including phenoxy) is 1. The molecule has 0 unspecified atom stereocenters. The number of benzene rings is 1. The van der Waals surface area contributed by atoms with Gasteiger partial charge in [0.05, 0.1) is 18.0 Å². The number of nitrogens with zero attached hydrogens (tertiary/aromatic N) is 1. The zero-order valence-electron chi connectivity index (χ0n) is 13.0. The van der Waals surface area contributed by atoms with E-state index in [-0.39, 0.29) is 5.91 Å². The van der Waals surface area contributed by atoms with Gasteiger partial charge < -0.3 is 9.64 Å². The molecule has 114 valence electrons. The molecule has 0 radical (unpaired) electrons. The van der Waals surface area contributed by atoms with E-state index in [9.17, 15) is 4.79 Å². The third kappa shape index (κ3) is 5.76. The molecule has 0 saturated carbocycles. The number of amides is 1. The van der Waals surface area contributed by atoms with E-state index in [2.05, 4.69) is 22.5 Å². The summed E-state index contributed by atoms with van der Waals surface area (Å²) in [6, 6.07) is 7.68. The molecule has 0 bridgehead atoms. The highest BCUT2D eigenvalue weighted by Crippen LogP contribution is 2.22. The Kier molecular flexibility index (Phi) is 6.21. The fourth-order valence-corrected chi connectivity index (χ4v) is 1.91. The normalized spacial score (nSPS) is 11.5. The second-order valence-electron chi connectivity index (χ2n) is 5.42. The lowest BCUT2D eigenvalue weighted by Crippen LogP contribution is -2.38. The maximum absolute atomic E-state index is 12.5. The van der Waals surface area contributed by atoms with Crippen LogP contribution in [0, 0.1) is 0 Å². The molecule has 0 spiro atoms. The van der Waals surface area contributed by atoms with Gasteiger partial charge in [-0.3, -0.25) is 4.79 Å². The van der Waals surface area contributed by atoms with Crippen molar-refractivity contribution in [2.45, 2.75) is 31.6 Å². The third-order valence-electron chi connectivity index (χ3n) is 2.82. The van der Waals surface area contributed by atoms with Gasteiger partial charge in [-0.05, 0) is 44.5 Å². The molecular formula is C17H22BrNO2. The minimum atomic E-state index is -0.612. The zero-order chi connectivity index (χ0) is 16.0. The molecule has 0 aliphatic heterocycles.